The molecule has 1 atom stereocenters. The Balaban J connectivity index is 2.15. The van der Waals surface area contributed by atoms with Gasteiger partial charge in [-0.05, 0) is 42.5 Å². The molecule has 0 fully saturated rings. The smallest absolute Gasteiger partial charge is 0.278 e. The molecule has 3 aromatic rings. The quantitative estimate of drug-likeness (QED) is 0.719. The van der Waals surface area contributed by atoms with Gasteiger partial charge in [-0.1, -0.05) is 11.6 Å². The van der Waals surface area contributed by atoms with E-state index in [0.29, 0.717) is 32.9 Å². The minimum absolute atomic E-state index is 0.176. The number of methoxy groups -OCH3 is 1. The fourth-order valence-electron chi connectivity index (χ4n) is 2.38. The molecule has 6 nitrogen and oxygen atoms in total. The first kappa shape index (κ1) is 16.6. The molecular formula is C16H13ClN2O4S. The van der Waals surface area contributed by atoms with Crippen LogP contribution in [-0.2, 0) is 16.8 Å². The van der Waals surface area contributed by atoms with E-state index in [-0.39, 0.29) is 11.7 Å². The summed E-state index contributed by atoms with van der Waals surface area (Å²) in [5, 5.41) is 5.35. The van der Waals surface area contributed by atoms with Crippen LogP contribution >= 0.6 is 11.6 Å². The molecule has 24 heavy (non-hydrogen) atoms. The predicted molar refractivity (Wildman–Crippen MR) is 91.9 cm³/mol. The maximum absolute atomic E-state index is 12.7. The Morgan fingerprint density at radius 2 is 2.00 bits per heavy atom. The number of carbonyl (C=O) groups is 1. The van der Waals surface area contributed by atoms with E-state index in [0.717, 1.165) is 0 Å². The zero-order valence-corrected chi connectivity index (χ0v) is 14.2. The molecule has 0 saturated carbocycles. The fraction of sp³-hybridized carbons (Fsp3) is 0.125. The average Bonchev–Trinajstić information content (AvgIpc) is 2.92. The number of benzene rings is 2. The van der Waals surface area contributed by atoms with Crippen molar-refractivity contribution in [2.45, 2.75) is 5.75 Å². The molecule has 2 aromatic carbocycles. The van der Waals surface area contributed by atoms with Crippen molar-refractivity contribution in [1.29, 1.82) is 0 Å². The third kappa shape index (κ3) is 3.19. The molecule has 1 N–H and O–H groups in total. The maximum atomic E-state index is 12.7. The summed E-state index contributed by atoms with van der Waals surface area (Å²) in [6.07, 6.45) is 0. The number of carbonyl (C=O) groups excluding carboxylic acids is 1. The molecule has 0 radical (unpaired) electrons. The van der Waals surface area contributed by atoms with Crippen molar-refractivity contribution < 1.29 is 18.3 Å². The van der Waals surface area contributed by atoms with Gasteiger partial charge in [0.15, 0.2) is 11.1 Å². The topological polar surface area (TPSA) is 81.4 Å². The number of hydrogen-bond acceptors (Lipinski definition) is 4. The normalized spacial score (nSPS) is 12.3. The van der Waals surface area contributed by atoms with Crippen LogP contribution in [0.25, 0.3) is 10.9 Å². The number of rotatable bonds is 4. The van der Waals surface area contributed by atoms with Gasteiger partial charge in [0.2, 0.25) is 0 Å². The molecule has 0 saturated heterocycles. The molecule has 124 valence electrons. The summed E-state index contributed by atoms with van der Waals surface area (Å²) >= 11 is 3.77. The summed E-state index contributed by atoms with van der Waals surface area (Å²) in [4.78, 5) is 12.7. The Hall–Kier alpha value is -2.22. The Morgan fingerprint density at radius 1 is 1.29 bits per heavy atom. The van der Waals surface area contributed by atoms with Crippen molar-refractivity contribution in [2.75, 3.05) is 7.11 Å². The van der Waals surface area contributed by atoms with Gasteiger partial charge in [0.05, 0.1) is 24.1 Å². The monoisotopic (exact) mass is 364 g/mol. The lowest BCUT2D eigenvalue weighted by Crippen LogP contribution is -2.13. The van der Waals surface area contributed by atoms with Crippen molar-refractivity contribution in [3.8, 4) is 5.75 Å². The van der Waals surface area contributed by atoms with Gasteiger partial charge in [0.1, 0.15) is 5.75 Å². The molecule has 3 rings (SSSR count). The number of nitrogens with zero attached hydrogens (tertiary/aromatic N) is 2. The van der Waals surface area contributed by atoms with Gasteiger partial charge in [-0.25, -0.2) is 4.21 Å². The van der Waals surface area contributed by atoms with Crippen LogP contribution in [0.1, 0.15) is 16.1 Å². The van der Waals surface area contributed by atoms with E-state index in [9.17, 15) is 13.6 Å². The van der Waals surface area contributed by atoms with Gasteiger partial charge in [0, 0.05) is 16.0 Å². The first-order valence-corrected chi connectivity index (χ1v) is 8.58. The van der Waals surface area contributed by atoms with E-state index in [1.807, 2.05) is 0 Å². The molecule has 1 heterocycles. The minimum atomic E-state index is -2.07. The predicted octanol–water partition coefficient (Wildman–Crippen LogP) is 3.11. The fourth-order valence-corrected chi connectivity index (χ4v) is 2.95. The molecule has 8 heteroatoms. The van der Waals surface area contributed by atoms with E-state index < -0.39 is 11.1 Å². The van der Waals surface area contributed by atoms with Crippen molar-refractivity contribution in [3.05, 3.63) is 58.7 Å². The summed E-state index contributed by atoms with van der Waals surface area (Å²) < 4.78 is 26.8. The summed E-state index contributed by atoms with van der Waals surface area (Å²) in [6.45, 7) is 0. The summed E-state index contributed by atoms with van der Waals surface area (Å²) in [5.41, 5.74) is 1.31. The highest BCUT2D eigenvalue weighted by Crippen LogP contribution is 2.25. The lowest BCUT2D eigenvalue weighted by Gasteiger charge is -2.03. The van der Waals surface area contributed by atoms with Gasteiger partial charge >= 0.3 is 0 Å². The molecule has 0 bridgehead atoms. The van der Waals surface area contributed by atoms with Crippen LogP contribution in [0.15, 0.2) is 42.5 Å². The molecule has 0 amide bonds. The van der Waals surface area contributed by atoms with Crippen molar-refractivity contribution in [1.82, 2.24) is 9.78 Å². The number of hydrogen-bond donors (Lipinski definition) is 1. The summed E-state index contributed by atoms with van der Waals surface area (Å²) in [7, 11) is 1.52. The Labute approximate surface area is 145 Å². The molecule has 0 spiro atoms. The van der Waals surface area contributed by atoms with Crippen LogP contribution in [0.2, 0.25) is 5.02 Å². The minimum Gasteiger partial charge on any atom is -0.497 e. The van der Waals surface area contributed by atoms with E-state index in [1.54, 1.807) is 42.5 Å². The molecule has 0 aliphatic carbocycles. The highest BCUT2D eigenvalue weighted by molar-refractivity contribution is 7.78. The van der Waals surface area contributed by atoms with E-state index in [4.69, 9.17) is 16.3 Å². The van der Waals surface area contributed by atoms with Crippen LogP contribution in [0.4, 0.5) is 0 Å². The summed E-state index contributed by atoms with van der Waals surface area (Å²) in [6, 6.07) is 11.5. The lowest BCUT2D eigenvalue weighted by molar-refractivity contribution is 0.0950. The average molecular weight is 365 g/mol. The summed E-state index contributed by atoms with van der Waals surface area (Å²) in [5.74, 6) is 0.0488. The Bertz CT molecular complexity index is 937. The van der Waals surface area contributed by atoms with E-state index in [2.05, 4.69) is 5.10 Å². The number of halogens is 1. The second kappa shape index (κ2) is 6.72. The van der Waals surface area contributed by atoms with Crippen LogP contribution < -0.4 is 4.74 Å². The number of aromatic nitrogens is 2. The standard InChI is InChI=1S/C16H13ClN2O4S/c1-23-12-6-7-15-13(8-12)14(9-24(21)22)18-19(15)16(20)10-2-4-11(17)5-3-10/h2-8H,9H2,1H3,(H,21,22). The highest BCUT2D eigenvalue weighted by atomic mass is 35.5. The molecule has 1 aromatic heterocycles. The zero-order valence-electron chi connectivity index (χ0n) is 12.6. The molecular weight excluding hydrogens is 352 g/mol. The lowest BCUT2D eigenvalue weighted by atomic mass is 10.2. The second-order valence-electron chi connectivity index (χ2n) is 5.02. The Morgan fingerprint density at radius 3 is 2.62 bits per heavy atom. The first-order chi connectivity index (χ1) is 11.5. The van der Waals surface area contributed by atoms with Crippen LogP contribution in [0, 0.1) is 0 Å². The third-order valence-corrected chi connectivity index (χ3v) is 4.28. The van der Waals surface area contributed by atoms with Gasteiger partial charge in [-0.3, -0.25) is 4.79 Å². The number of ether oxygens (including phenoxy) is 1. The Kier molecular flexibility index (Phi) is 4.66. The van der Waals surface area contributed by atoms with Gasteiger partial charge < -0.3 is 9.29 Å². The van der Waals surface area contributed by atoms with Crippen LogP contribution in [0.3, 0.4) is 0 Å². The molecule has 0 aliphatic rings. The highest BCUT2D eigenvalue weighted by Gasteiger charge is 2.18. The molecule has 1 unspecified atom stereocenters. The SMILES string of the molecule is COc1ccc2c(c1)c(CS(=O)O)nn2C(=O)c1ccc(Cl)cc1. The van der Waals surface area contributed by atoms with Crippen LogP contribution in [0.5, 0.6) is 5.75 Å². The zero-order chi connectivity index (χ0) is 17.3. The van der Waals surface area contributed by atoms with Crippen LogP contribution in [-0.4, -0.2) is 31.6 Å². The van der Waals surface area contributed by atoms with Crippen molar-refractivity contribution in [2.24, 2.45) is 0 Å². The van der Waals surface area contributed by atoms with E-state index >= 15 is 0 Å². The maximum Gasteiger partial charge on any atom is 0.278 e. The number of fused-ring (bicyclic) bond motifs is 1. The van der Waals surface area contributed by atoms with Gasteiger partial charge in [-0.2, -0.15) is 9.78 Å². The van der Waals surface area contributed by atoms with Gasteiger partial charge in [0.25, 0.3) is 5.91 Å². The molecule has 0 aliphatic heterocycles. The van der Waals surface area contributed by atoms with Crippen molar-refractivity contribution in [3.63, 3.8) is 0 Å². The van der Waals surface area contributed by atoms with E-state index in [1.165, 1.54) is 11.8 Å². The second-order valence-corrected chi connectivity index (χ2v) is 6.39. The third-order valence-electron chi connectivity index (χ3n) is 3.51. The van der Waals surface area contributed by atoms with Gasteiger partial charge in [-0.15, -0.1) is 0 Å². The van der Waals surface area contributed by atoms with Crippen molar-refractivity contribution >= 4 is 39.5 Å². The largest absolute Gasteiger partial charge is 0.497 e. The first-order valence-electron chi connectivity index (χ1n) is 6.93.